The van der Waals surface area contributed by atoms with Crippen molar-refractivity contribution in [1.82, 2.24) is 9.88 Å². The molecule has 140 valence electrons. The zero-order valence-electron chi connectivity index (χ0n) is 15.7. The Morgan fingerprint density at radius 2 is 1.88 bits per heavy atom. The maximum absolute atomic E-state index is 11.1. The average molecular weight is 357 g/mol. The Hall–Kier alpha value is -2.60. The Balaban J connectivity index is 0.00000117. The molecule has 1 aromatic heterocycles. The third-order valence-electron chi connectivity index (χ3n) is 4.21. The molecular weight excluding hydrogens is 330 g/mol. The summed E-state index contributed by atoms with van der Waals surface area (Å²) in [5.41, 5.74) is 1.13. The molecule has 2 aromatic rings. The summed E-state index contributed by atoms with van der Waals surface area (Å²) < 4.78 is 5.78. The largest absolute Gasteiger partial charge is 0.507 e. The molecule has 3 rings (SSSR count). The van der Waals surface area contributed by atoms with Gasteiger partial charge in [0.2, 0.25) is 0 Å². The number of carbonyl (C=O) groups excluding carboxylic acids is 1. The molecule has 1 aromatic carbocycles. The number of nitrogens with zero attached hydrogens (tertiary/aromatic N) is 3. The van der Waals surface area contributed by atoms with E-state index in [2.05, 4.69) is 21.8 Å². The fraction of sp³-hybridized carbons (Fsp3) is 0.400. The van der Waals surface area contributed by atoms with Gasteiger partial charge in [0, 0.05) is 37.9 Å². The van der Waals surface area contributed by atoms with Crippen LogP contribution < -0.4 is 9.64 Å². The van der Waals surface area contributed by atoms with Crippen LogP contribution in [0.1, 0.15) is 29.8 Å². The molecule has 0 atom stereocenters. The minimum Gasteiger partial charge on any atom is -0.507 e. The standard InChI is InChI=1S/C18H21N3O3.C2H6/c1-20-8-10-21(11-9-20)18-14(4-3-7-19-18)13-24-17-6-2-5-16(23)15(17)12-22;1-2/h2-7,12,23H,8-11,13H2,1H3;1-2H3. The number of piperazine rings is 1. The summed E-state index contributed by atoms with van der Waals surface area (Å²) in [6, 6.07) is 8.65. The van der Waals surface area contributed by atoms with Crippen LogP contribution in [0.5, 0.6) is 11.5 Å². The molecule has 0 unspecified atom stereocenters. The van der Waals surface area contributed by atoms with Crippen LogP contribution in [0.3, 0.4) is 0 Å². The molecule has 0 aliphatic carbocycles. The highest BCUT2D eigenvalue weighted by Gasteiger charge is 2.18. The number of pyridine rings is 1. The third kappa shape index (κ3) is 4.73. The van der Waals surface area contributed by atoms with Crippen molar-refractivity contribution in [2.24, 2.45) is 0 Å². The number of aromatic hydroxyl groups is 1. The van der Waals surface area contributed by atoms with Crippen molar-refractivity contribution in [3.63, 3.8) is 0 Å². The summed E-state index contributed by atoms with van der Waals surface area (Å²) in [5, 5.41) is 9.74. The lowest BCUT2D eigenvalue weighted by Gasteiger charge is -2.34. The Morgan fingerprint density at radius 1 is 1.15 bits per heavy atom. The van der Waals surface area contributed by atoms with E-state index in [0.29, 0.717) is 18.6 Å². The SMILES string of the molecule is CC.CN1CCN(c2ncccc2COc2cccc(O)c2C=O)CC1. The van der Waals surface area contributed by atoms with Gasteiger partial charge in [-0.25, -0.2) is 4.98 Å². The number of benzene rings is 1. The topological polar surface area (TPSA) is 65.9 Å². The van der Waals surface area contributed by atoms with E-state index in [0.717, 1.165) is 37.6 Å². The number of aromatic nitrogens is 1. The maximum atomic E-state index is 11.1. The van der Waals surface area contributed by atoms with Gasteiger partial charge in [0.25, 0.3) is 0 Å². The highest BCUT2D eigenvalue weighted by atomic mass is 16.5. The number of phenols is 1. The molecule has 1 saturated heterocycles. The van der Waals surface area contributed by atoms with Gasteiger partial charge in [-0.1, -0.05) is 26.0 Å². The van der Waals surface area contributed by atoms with E-state index in [1.165, 1.54) is 6.07 Å². The molecule has 6 nitrogen and oxygen atoms in total. The highest BCUT2D eigenvalue weighted by Crippen LogP contribution is 2.27. The number of aldehydes is 1. The first-order chi connectivity index (χ1) is 12.7. The van der Waals surface area contributed by atoms with Gasteiger partial charge in [0.15, 0.2) is 6.29 Å². The molecule has 0 bridgehead atoms. The van der Waals surface area contributed by atoms with Crippen molar-refractivity contribution in [2.45, 2.75) is 20.5 Å². The second-order valence-corrected chi connectivity index (χ2v) is 5.87. The highest BCUT2D eigenvalue weighted by molar-refractivity contribution is 5.83. The first kappa shape index (κ1) is 19.7. The quantitative estimate of drug-likeness (QED) is 0.830. The first-order valence-corrected chi connectivity index (χ1v) is 8.96. The summed E-state index contributed by atoms with van der Waals surface area (Å²) in [6.07, 6.45) is 2.39. The Morgan fingerprint density at radius 3 is 2.58 bits per heavy atom. The van der Waals surface area contributed by atoms with E-state index in [9.17, 15) is 9.90 Å². The van der Waals surface area contributed by atoms with Crippen molar-refractivity contribution in [2.75, 3.05) is 38.1 Å². The number of hydrogen-bond acceptors (Lipinski definition) is 6. The van der Waals surface area contributed by atoms with Gasteiger partial charge in [-0.3, -0.25) is 4.79 Å². The van der Waals surface area contributed by atoms with Gasteiger partial charge in [-0.2, -0.15) is 0 Å². The fourth-order valence-corrected chi connectivity index (χ4v) is 2.78. The molecule has 0 radical (unpaired) electrons. The summed E-state index contributed by atoms with van der Waals surface area (Å²) in [4.78, 5) is 20.2. The molecular formula is C20H27N3O3. The van der Waals surface area contributed by atoms with Crippen LogP contribution in [0, 0.1) is 0 Å². The lowest BCUT2D eigenvalue weighted by molar-refractivity contribution is 0.111. The summed E-state index contributed by atoms with van der Waals surface area (Å²) in [7, 11) is 2.11. The van der Waals surface area contributed by atoms with Gasteiger partial charge in [-0.05, 0) is 25.2 Å². The van der Waals surface area contributed by atoms with Crippen LogP contribution in [0.15, 0.2) is 36.5 Å². The Kier molecular flexibility index (Phi) is 7.41. The summed E-state index contributed by atoms with van der Waals surface area (Å²) in [6.45, 7) is 8.13. The smallest absolute Gasteiger partial charge is 0.157 e. The molecule has 1 fully saturated rings. The summed E-state index contributed by atoms with van der Waals surface area (Å²) in [5.74, 6) is 1.21. The van der Waals surface area contributed by atoms with Gasteiger partial charge in [0.1, 0.15) is 23.9 Å². The van der Waals surface area contributed by atoms with Gasteiger partial charge >= 0.3 is 0 Å². The first-order valence-electron chi connectivity index (χ1n) is 8.96. The number of anilines is 1. The normalized spacial score (nSPS) is 14.3. The van der Waals surface area contributed by atoms with E-state index in [1.54, 1.807) is 18.3 Å². The molecule has 1 aliphatic heterocycles. The monoisotopic (exact) mass is 357 g/mol. The molecule has 0 spiro atoms. The Labute approximate surface area is 155 Å². The molecule has 6 heteroatoms. The number of ether oxygens (including phenoxy) is 1. The van der Waals surface area contributed by atoms with Gasteiger partial charge in [0.05, 0.1) is 5.56 Å². The van der Waals surface area contributed by atoms with E-state index < -0.39 is 0 Å². The minimum atomic E-state index is -0.0759. The number of carbonyl (C=O) groups is 1. The number of likely N-dealkylation sites (N-methyl/N-ethyl adjacent to an activating group) is 1. The second kappa shape index (κ2) is 9.77. The van der Waals surface area contributed by atoms with E-state index in [1.807, 2.05) is 26.0 Å². The van der Waals surface area contributed by atoms with Crippen LogP contribution in [0.2, 0.25) is 0 Å². The minimum absolute atomic E-state index is 0.0759. The molecule has 2 heterocycles. The Bertz CT molecular complexity index is 713. The van der Waals surface area contributed by atoms with Crippen LogP contribution >= 0.6 is 0 Å². The number of hydrogen-bond donors (Lipinski definition) is 1. The average Bonchev–Trinajstić information content (AvgIpc) is 2.69. The van der Waals surface area contributed by atoms with Crippen molar-refractivity contribution >= 4 is 12.1 Å². The lowest BCUT2D eigenvalue weighted by Crippen LogP contribution is -2.45. The van der Waals surface area contributed by atoms with Gasteiger partial charge < -0.3 is 19.6 Å². The van der Waals surface area contributed by atoms with Crippen molar-refractivity contribution in [1.29, 1.82) is 0 Å². The van der Waals surface area contributed by atoms with Gasteiger partial charge in [-0.15, -0.1) is 0 Å². The molecule has 26 heavy (non-hydrogen) atoms. The molecule has 0 amide bonds. The predicted octanol–water partition coefficient (Wildman–Crippen LogP) is 2.96. The summed E-state index contributed by atoms with van der Waals surface area (Å²) >= 11 is 0. The number of phenolic OH excluding ortho intramolecular Hbond substituents is 1. The van der Waals surface area contributed by atoms with E-state index in [-0.39, 0.29) is 11.3 Å². The zero-order chi connectivity index (χ0) is 18.9. The van der Waals surface area contributed by atoms with E-state index >= 15 is 0 Å². The molecule has 0 saturated carbocycles. The van der Waals surface area contributed by atoms with E-state index in [4.69, 9.17) is 4.74 Å². The third-order valence-corrected chi connectivity index (χ3v) is 4.21. The van der Waals surface area contributed by atoms with Crippen LogP contribution in [-0.2, 0) is 6.61 Å². The maximum Gasteiger partial charge on any atom is 0.157 e. The molecule has 1 N–H and O–H groups in total. The van der Waals surface area contributed by atoms with Crippen LogP contribution in [-0.4, -0.2) is 54.5 Å². The van der Waals surface area contributed by atoms with Crippen molar-refractivity contribution < 1.29 is 14.6 Å². The van der Waals surface area contributed by atoms with Crippen LogP contribution in [0.25, 0.3) is 0 Å². The zero-order valence-corrected chi connectivity index (χ0v) is 15.7. The molecule has 1 aliphatic rings. The fourth-order valence-electron chi connectivity index (χ4n) is 2.78. The van der Waals surface area contributed by atoms with Crippen molar-refractivity contribution in [3.05, 3.63) is 47.7 Å². The number of rotatable bonds is 5. The lowest BCUT2D eigenvalue weighted by atomic mass is 10.2. The predicted molar refractivity (Wildman–Crippen MR) is 103 cm³/mol. The van der Waals surface area contributed by atoms with Crippen LogP contribution in [0.4, 0.5) is 5.82 Å². The van der Waals surface area contributed by atoms with Crippen molar-refractivity contribution in [3.8, 4) is 11.5 Å². The second-order valence-electron chi connectivity index (χ2n) is 5.87.